The van der Waals surface area contributed by atoms with Crippen molar-refractivity contribution in [1.29, 1.82) is 0 Å². The van der Waals surface area contributed by atoms with Crippen LogP contribution in [0.1, 0.15) is 58.8 Å². The van der Waals surface area contributed by atoms with E-state index in [9.17, 15) is 19.5 Å². The van der Waals surface area contributed by atoms with Crippen LogP contribution in [0.5, 0.6) is 5.75 Å². The van der Waals surface area contributed by atoms with E-state index < -0.39 is 11.7 Å². The Morgan fingerprint density at radius 1 is 0.979 bits per heavy atom. The quantitative estimate of drug-likeness (QED) is 0.117. The molecule has 3 amide bonds. The van der Waals surface area contributed by atoms with Crippen LogP contribution in [0.25, 0.3) is 31.9 Å². The fourth-order valence-corrected chi connectivity index (χ4v) is 7.39. The molecule has 1 atom stereocenters. The van der Waals surface area contributed by atoms with Gasteiger partial charge in [0.1, 0.15) is 22.7 Å². The Kier molecular flexibility index (Phi) is 7.40. The number of alkyl halides is 1. The second kappa shape index (κ2) is 11.4. The van der Waals surface area contributed by atoms with Crippen molar-refractivity contribution >= 4 is 89.8 Å². The summed E-state index contributed by atoms with van der Waals surface area (Å²) in [5.41, 5.74) is 5.40. The number of aromatic amines is 2. The summed E-state index contributed by atoms with van der Waals surface area (Å²) in [6, 6.07) is 15.8. The highest BCUT2D eigenvalue weighted by Gasteiger charge is 2.36. The lowest BCUT2D eigenvalue weighted by molar-refractivity contribution is 0.0635. The molecule has 3 aromatic heterocycles. The fraction of sp³-hybridized carbons (Fsp3) is 0.229. The zero-order chi connectivity index (χ0) is 33.2. The van der Waals surface area contributed by atoms with Crippen molar-refractivity contribution in [2.45, 2.75) is 39.2 Å². The largest absolute Gasteiger partial charge is 0.506 e. The van der Waals surface area contributed by atoms with Crippen LogP contribution in [-0.4, -0.2) is 51.0 Å². The molecule has 3 aromatic carbocycles. The molecule has 47 heavy (non-hydrogen) atoms. The third-order valence-corrected chi connectivity index (χ3v) is 9.67. The molecule has 0 unspecified atom stereocenters. The highest BCUT2D eigenvalue weighted by molar-refractivity contribution is 7.17. The summed E-state index contributed by atoms with van der Waals surface area (Å²) in [4.78, 5) is 47.2. The number of carbonyl (C=O) groups is 3. The van der Waals surface area contributed by atoms with E-state index in [1.807, 2.05) is 18.4 Å². The number of aryl methyl sites for hydroxylation is 1. The Morgan fingerprint density at radius 3 is 2.28 bits per heavy atom. The molecule has 0 spiro atoms. The minimum Gasteiger partial charge on any atom is -0.506 e. The second-order valence-corrected chi connectivity index (χ2v) is 14.0. The maximum atomic E-state index is 13.9. The van der Waals surface area contributed by atoms with Crippen LogP contribution in [0, 0.1) is 6.92 Å². The van der Waals surface area contributed by atoms with Crippen molar-refractivity contribution in [2.75, 3.05) is 28.0 Å². The van der Waals surface area contributed by atoms with Gasteiger partial charge < -0.3 is 30.0 Å². The summed E-state index contributed by atoms with van der Waals surface area (Å²) in [5.74, 6) is -0.136. The van der Waals surface area contributed by atoms with Gasteiger partial charge in [0.05, 0.1) is 10.4 Å². The molecule has 5 N–H and O–H groups in total. The van der Waals surface area contributed by atoms with E-state index in [4.69, 9.17) is 16.3 Å². The third kappa shape index (κ3) is 5.66. The number of hydrogen-bond donors (Lipinski definition) is 5. The number of nitrogens with one attached hydrogen (secondary N) is 4. The van der Waals surface area contributed by atoms with Crippen LogP contribution in [0.2, 0.25) is 0 Å². The van der Waals surface area contributed by atoms with Crippen molar-refractivity contribution in [3.05, 3.63) is 82.5 Å². The number of anilines is 3. The molecular weight excluding hydrogens is 638 g/mol. The highest BCUT2D eigenvalue weighted by Crippen LogP contribution is 2.48. The number of nitrogens with zero attached hydrogens (tertiary/aromatic N) is 1. The van der Waals surface area contributed by atoms with Crippen LogP contribution < -0.4 is 15.5 Å². The molecule has 0 radical (unpaired) electrons. The molecule has 0 fully saturated rings. The van der Waals surface area contributed by atoms with Gasteiger partial charge in [-0.2, -0.15) is 0 Å². The molecule has 0 saturated heterocycles. The number of aromatic hydroxyl groups is 1. The van der Waals surface area contributed by atoms with E-state index in [0.717, 1.165) is 43.0 Å². The maximum absolute atomic E-state index is 13.9. The number of ether oxygens (including phenoxy) is 1. The number of rotatable bonds is 5. The van der Waals surface area contributed by atoms with Gasteiger partial charge in [-0.15, -0.1) is 22.9 Å². The summed E-state index contributed by atoms with van der Waals surface area (Å²) >= 11 is 7.87. The van der Waals surface area contributed by atoms with Crippen molar-refractivity contribution in [2.24, 2.45) is 0 Å². The Balaban J connectivity index is 1.10. The van der Waals surface area contributed by atoms with Gasteiger partial charge in [0.2, 0.25) is 0 Å². The first kappa shape index (κ1) is 30.6. The Morgan fingerprint density at radius 2 is 1.62 bits per heavy atom. The van der Waals surface area contributed by atoms with E-state index in [1.165, 1.54) is 11.3 Å². The summed E-state index contributed by atoms with van der Waals surface area (Å²) in [5, 5.41) is 20.9. The lowest BCUT2D eigenvalue weighted by Crippen LogP contribution is -2.30. The molecular formula is C35H32ClN5O5S. The molecule has 1 aliphatic rings. The lowest BCUT2D eigenvalue weighted by atomic mass is 9.97. The molecule has 10 nitrogen and oxygen atoms in total. The highest BCUT2D eigenvalue weighted by atomic mass is 35.5. The van der Waals surface area contributed by atoms with Crippen molar-refractivity contribution in [3.8, 4) is 5.75 Å². The van der Waals surface area contributed by atoms with Crippen LogP contribution in [0.15, 0.2) is 60.0 Å². The van der Waals surface area contributed by atoms with Gasteiger partial charge in [-0.05, 0) is 92.7 Å². The van der Waals surface area contributed by atoms with E-state index in [-0.39, 0.29) is 23.5 Å². The summed E-state index contributed by atoms with van der Waals surface area (Å²) in [6.07, 6.45) is -0.561. The van der Waals surface area contributed by atoms with E-state index in [2.05, 4.69) is 20.6 Å². The maximum Gasteiger partial charge on any atom is 0.412 e. The normalized spacial score (nSPS) is 14.6. The number of H-pyrrole nitrogens is 2. The number of thiophene rings is 1. The topological polar surface area (TPSA) is 140 Å². The Bertz CT molecular complexity index is 2240. The van der Waals surface area contributed by atoms with Crippen LogP contribution in [0.3, 0.4) is 0 Å². The molecule has 12 heteroatoms. The summed E-state index contributed by atoms with van der Waals surface area (Å²) in [7, 11) is 0. The smallest absolute Gasteiger partial charge is 0.412 e. The van der Waals surface area contributed by atoms with Gasteiger partial charge in [0, 0.05) is 63.0 Å². The summed E-state index contributed by atoms with van der Waals surface area (Å²) < 4.78 is 6.12. The van der Waals surface area contributed by atoms with Gasteiger partial charge in [0.25, 0.3) is 11.8 Å². The number of fused-ring (bicyclic) bond motifs is 5. The monoisotopic (exact) mass is 669 g/mol. The zero-order valence-corrected chi connectivity index (χ0v) is 27.7. The average molecular weight is 670 g/mol. The molecule has 0 aliphatic carbocycles. The first-order valence-electron chi connectivity index (χ1n) is 15.1. The first-order chi connectivity index (χ1) is 22.4. The number of phenolic OH excluding ortho intramolecular Hbond substituents is 1. The molecule has 1 aliphatic heterocycles. The molecule has 240 valence electrons. The number of hydrogen-bond acceptors (Lipinski definition) is 6. The van der Waals surface area contributed by atoms with Gasteiger partial charge in [0.15, 0.2) is 0 Å². The number of aromatic nitrogens is 2. The Labute approximate surface area is 278 Å². The number of phenols is 1. The minimum atomic E-state index is -0.621. The van der Waals surface area contributed by atoms with Crippen LogP contribution in [0.4, 0.5) is 21.9 Å². The predicted octanol–water partition coefficient (Wildman–Crippen LogP) is 8.46. The third-order valence-electron chi connectivity index (χ3n) is 8.18. The number of benzene rings is 3. The minimum absolute atomic E-state index is 0.0596. The molecule has 4 heterocycles. The van der Waals surface area contributed by atoms with E-state index in [1.54, 1.807) is 74.2 Å². The van der Waals surface area contributed by atoms with E-state index in [0.29, 0.717) is 40.9 Å². The number of halogens is 1. The Hall–Kier alpha value is -5.00. The van der Waals surface area contributed by atoms with Crippen LogP contribution >= 0.6 is 22.9 Å². The van der Waals surface area contributed by atoms with Gasteiger partial charge in [-0.1, -0.05) is 0 Å². The van der Waals surface area contributed by atoms with Crippen molar-refractivity contribution in [1.82, 2.24) is 9.97 Å². The summed E-state index contributed by atoms with van der Waals surface area (Å²) in [6.45, 7) is 7.78. The van der Waals surface area contributed by atoms with E-state index >= 15 is 0 Å². The SMILES string of the molecule is Cc1csc2c(O)cc3c(c12)[C@@H](CCl)CN3C(=O)c1cc2cc(NC(=O)c3cc4cc(NC(=O)OC(C)(C)C)ccc4[nH]3)ccc2[nH]1. The molecule has 7 rings (SSSR count). The fourth-order valence-electron chi connectivity index (χ4n) is 6.16. The van der Waals surface area contributed by atoms with Gasteiger partial charge in [-0.25, -0.2) is 4.79 Å². The molecule has 0 bridgehead atoms. The van der Waals surface area contributed by atoms with Crippen molar-refractivity contribution in [3.63, 3.8) is 0 Å². The molecule has 0 saturated carbocycles. The van der Waals surface area contributed by atoms with Crippen LogP contribution in [-0.2, 0) is 4.74 Å². The molecule has 6 aromatic rings. The number of carbonyl (C=O) groups excluding carboxylic acids is 3. The standard InChI is InChI=1S/C35H32ClN5O5S/c1-17-16-47-31-28(42)13-27-30(29(17)31)20(14-36)15-41(27)33(44)26-12-19-9-21(5-7-24(19)40-26)37-32(43)25-11-18-10-22(6-8-23(18)39-25)38-34(45)46-35(2,3)4/h5-13,16,20,39-40,42H,14-15H2,1-4H3,(H,37,43)(H,38,45)/t20-/m0/s1. The predicted molar refractivity (Wildman–Crippen MR) is 188 cm³/mol. The van der Waals surface area contributed by atoms with Gasteiger partial charge in [-0.3, -0.25) is 14.9 Å². The first-order valence-corrected chi connectivity index (χ1v) is 16.5. The number of amides is 3. The van der Waals surface area contributed by atoms with Crippen molar-refractivity contribution < 1.29 is 24.2 Å². The second-order valence-electron chi connectivity index (χ2n) is 12.8. The lowest BCUT2D eigenvalue weighted by Gasteiger charge is -2.19. The van der Waals surface area contributed by atoms with Gasteiger partial charge >= 0.3 is 6.09 Å². The zero-order valence-electron chi connectivity index (χ0n) is 26.1. The average Bonchev–Trinajstić information content (AvgIpc) is 3.79.